The molecule has 10 heteroatoms. The number of fused-ring (bicyclic) bond motifs is 2. The molecule has 2 aromatic carbocycles. The summed E-state index contributed by atoms with van der Waals surface area (Å²) in [6.45, 7) is 4.21. The first-order chi connectivity index (χ1) is 18.7. The average Bonchev–Trinajstić information content (AvgIpc) is 3.60. The maximum atomic E-state index is 13.2. The zero-order valence-electron chi connectivity index (χ0n) is 21.4. The Hall–Kier alpha value is -4.44. The molecule has 200 valence electrons. The van der Waals surface area contributed by atoms with E-state index in [1.54, 1.807) is 35.4 Å². The highest BCUT2D eigenvalue weighted by Crippen LogP contribution is 2.29. The van der Waals surface area contributed by atoms with Gasteiger partial charge in [-0.05, 0) is 66.1 Å². The van der Waals surface area contributed by atoms with E-state index in [1.807, 2.05) is 37.3 Å². The fourth-order valence-corrected chi connectivity index (χ4v) is 5.65. The lowest BCUT2D eigenvalue weighted by Gasteiger charge is -2.30. The van der Waals surface area contributed by atoms with Crippen molar-refractivity contribution in [1.29, 1.82) is 0 Å². The summed E-state index contributed by atoms with van der Waals surface area (Å²) in [6, 6.07) is 13.2. The van der Waals surface area contributed by atoms with Crippen LogP contribution in [0.2, 0.25) is 0 Å². The molecule has 39 heavy (non-hydrogen) atoms. The van der Waals surface area contributed by atoms with Gasteiger partial charge < -0.3 is 25.1 Å². The predicted molar refractivity (Wildman–Crippen MR) is 146 cm³/mol. The summed E-state index contributed by atoms with van der Waals surface area (Å²) in [5.74, 6) is -2.07. The molecule has 1 aliphatic rings. The van der Waals surface area contributed by atoms with Crippen LogP contribution in [-0.2, 0) is 17.8 Å². The van der Waals surface area contributed by atoms with Crippen molar-refractivity contribution in [2.24, 2.45) is 0 Å². The van der Waals surface area contributed by atoms with Gasteiger partial charge in [-0.25, -0.2) is 4.79 Å². The minimum Gasteiger partial charge on any atom is -0.480 e. The number of carboxylic acid groups (broad SMARTS) is 1. The van der Waals surface area contributed by atoms with Gasteiger partial charge in [0.15, 0.2) is 5.76 Å². The number of furan rings is 1. The highest BCUT2D eigenvalue weighted by Gasteiger charge is 2.29. The van der Waals surface area contributed by atoms with Crippen LogP contribution in [0.25, 0.3) is 11.0 Å². The van der Waals surface area contributed by atoms with Crippen LogP contribution in [0.5, 0.6) is 0 Å². The molecule has 0 fully saturated rings. The van der Waals surface area contributed by atoms with Crippen molar-refractivity contribution in [1.82, 2.24) is 15.5 Å². The van der Waals surface area contributed by atoms with Crippen molar-refractivity contribution < 1.29 is 28.7 Å². The van der Waals surface area contributed by atoms with E-state index in [1.165, 1.54) is 11.3 Å². The molecule has 4 aromatic rings. The van der Waals surface area contributed by atoms with Crippen LogP contribution in [0.1, 0.15) is 52.8 Å². The first kappa shape index (κ1) is 26.2. The largest absolute Gasteiger partial charge is 0.480 e. The summed E-state index contributed by atoms with van der Waals surface area (Å²) in [5, 5.41) is 17.4. The number of carbonyl (C=O) groups excluding carboxylic acids is 3. The van der Waals surface area contributed by atoms with Crippen molar-refractivity contribution in [3.63, 3.8) is 0 Å². The van der Waals surface area contributed by atoms with Gasteiger partial charge in [-0.2, -0.15) is 0 Å². The number of aliphatic carboxylic acids is 1. The number of nitrogens with zero attached hydrogens (tertiary/aromatic N) is 1. The third-order valence-corrected chi connectivity index (χ3v) is 7.83. The fraction of sp³-hybridized carbons (Fsp3) is 0.241. The molecular weight excluding hydrogens is 518 g/mol. The van der Waals surface area contributed by atoms with Crippen molar-refractivity contribution in [3.8, 4) is 0 Å². The molecule has 3 amide bonds. The smallest absolute Gasteiger partial charge is 0.328 e. The molecule has 0 spiro atoms. The van der Waals surface area contributed by atoms with Gasteiger partial charge in [-0.3, -0.25) is 14.4 Å². The van der Waals surface area contributed by atoms with Crippen molar-refractivity contribution in [2.45, 2.75) is 32.9 Å². The SMILES string of the molecule is Cc1cc2c(c(C)c1C(=O)N[C@@H](CNC(=O)c1cccs1)C(=O)O)CCN(C(=O)c1cc3ccccc3o1)C2. The Bertz CT molecular complexity index is 1560. The topological polar surface area (TPSA) is 129 Å². The molecule has 0 radical (unpaired) electrons. The Morgan fingerprint density at radius 2 is 1.87 bits per heavy atom. The number of hydrogen-bond acceptors (Lipinski definition) is 6. The molecule has 1 aliphatic heterocycles. The molecule has 5 rings (SSSR count). The molecule has 0 bridgehead atoms. The number of para-hydroxylation sites is 1. The summed E-state index contributed by atoms with van der Waals surface area (Å²) in [5.41, 5.74) is 4.40. The van der Waals surface area contributed by atoms with Crippen molar-refractivity contribution in [3.05, 3.63) is 92.4 Å². The number of carboxylic acids is 1. The number of benzene rings is 2. The van der Waals surface area contributed by atoms with Crippen LogP contribution in [0.3, 0.4) is 0 Å². The molecule has 3 N–H and O–H groups in total. The van der Waals surface area contributed by atoms with Crippen molar-refractivity contribution >= 4 is 46.0 Å². The quantitative estimate of drug-likeness (QED) is 0.323. The minimum absolute atomic E-state index is 0.192. The molecule has 0 unspecified atom stereocenters. The predicted octanol–water partition coefficient (Wildman–Crippen LogP) is 3.92. The van der Waals surface area contributed by atoms with Crippen LogP contribution in [-0.4, -0.2) is 52.8 Å². The number of aryl methyl sites for hydroxylation is 1. The van der Waals surface area contributed by atoms with E-state index in [0.29, 0.717) is 41.1 Å². The second-order valence-corrected chi connectivity index (χ2v) is 10.5. The van der Waals surface area contributed by atoms with Crippen LogP contribution in [0.15, 0.2) is 58.3 Å². The maximum absolute atomic E-state index is 13.2. The molecular formula is C29H27N3O6S. The first-order valence-corrected chi connectivity index (χ1v) is 13.4. The minimum atomic E-state index is -1.30. The fourth-order valence-electron chi connectivity index (χ4n) is 5.01. The number of hydrogen-bond donors (Lipinski definition) is 3. The number of nitrogens with one attached hydrogen (secondary N) is 2. The van der Waals surface area contributed by atoms with E-state index in [0.717, 1.165) is 22.1 Å². The van der Waals surface area contributed by atoms with E-state index in [4.69, 9.17) is 4.42 Å². The lowest BCUT2D eigenvalue weighted by atomic mass is 9.88. The third kappa shape index (κ3) is 5.28. The molecule has 0 saturated heterocycles. The van der Waals surface area contributed by atoms with E-state index in [2.05, 4.69) is 10.6 Å². The lowest BCUT2D eigenvalue weighted by Crippen LogP contribution is -2.48. The van der Waals surface area contributed by atoms with Crippen LogP contribution < -0.4 is 10.6 Å². The van der Waals surface area contributed by atoms with Crippen LogP contribution >= 0.6 is 11.3 Å². The highest BCUT2D eigenvalue weighted by molar-refractivity contribution is 7.12. The Labute approximate surface area is 228 Å². The zero-order valence-corrected chi connectivity index (χ0v) is 22.3. The van der Waals surface area contributed by atoms with Gasteiger partial charge in [-0.1, -0.05) is 30.3 Å². The van der Waals surface area contributed by atoms with Crippen LogP contribution in [0.4, 0.5) is 0 Å². The number of rotatable bonds is 7. The van der Waals surface area contributed by atoms with Gasteiger partial charge in [0.05, 0.1) is 4.88 Å². The highest BCUT2D eigenvalue weighted by atomic mass is 32.1. The Balaban J connectivity index is 1.30. The third-order valence-electron chi connectivity index (χ3n) is 6.96. The van der Waals surface area contributed by atoms with Gasteiger partial charge in [-0.15, -0.1) is 11.3 Å². The molecule has 0 aliphatic carbocycles. The molecule has 1 atom stereocenters. The lowest BCUT2D eigenvalue weighted by molar-refractivity contribution is -0.139. The van der Waals surface area contributed by atoms with E-state index in [-0.39, 0.29) is 18.2 Å². The Morgan fingerprint density at radius 3 is 2.59 bits per heavy atom. The Kier molecular flexibility index (Phi) is 7.21. The van der Waals surface area contributed by atoms with Crippen molar-refractivity contribution in [2.75, 3.05) is 13.1 Å². The van der Waals surface area contributed by atoms with E-state index >= 15 is 0 Å². The number of amides is 3. The number of carbonyl (C=O) groups is 4. The molecule has 9 nitrogen and oxygen atoms in total. The van der Waals surface area contributed by atoms with Gasteiger partial charge in [0.1, 0.15) is 11.6 Å². The average molecular weight is 546 g/mol. The second kappa shape index (κ2) is 10.7. The zero-order chi connectivity index (χ0) is 27.7. The van der Waals surface area contributed by atoms with Gasteiger partial charge >= 0.3 is 5.97 Å². The summed E-state index contributed by atoms with van der Waals surface area (Å²) >= 11 is 1.24. The second-order valence-electron chi connectivity index (χ2n) is 9.51. The summed E-state index contributed by atoms with van der Waals surface area (Å²) in [6.07, 6.45) is 0.549. The van der Waals surface area contributed by atoms with E-state index in [9.17, 15) is 24.3 Å². The Morgan fingerprint density at radius 1 is 1.08 bits per heavy atom. The monoisotopic (exact) mass is 545 g/mol. The van der Waals surface area contributed by atoms with Gasteiger partial charge in [0.2, 0.25) is 0 Å². The normalized spacial score (nSPS) is 13.5. The molecule has 0 saturated carbocycles. The standard InChI is InChI=1S/C29H27N3O6S/c1-16-12-19-15-32(28(35)23-13-18-6-3-4-7-22(18)38-23)10-9-20(19)17(2)25(16)27(34)31-21(29(36)37)14-30-26(33)24-8-5-11-39-24/h3-8,11-13,21H,9-10,14-15H2,1-2H3,(H,30,33)(H,31,34)(H,36,37)/t21-/m0/s1. The first-order valence-electron chi connectivity index (χ1n) is 12.5. The molecule has 3 heterocycles. The summed E-state index contributed by atoms with van der Waals surface area (Å²) < 4.78 is 5.76. The van der Waals surface area contributed by atoms with Gasteiger partial charge in [0, 0.05) is 30.6 Å². The summed E-state index contributed by atoms with van der Waals surface area (Å²) in [7, 11) is 0. The number of thiophene rings is 1. The van der Waals surface area contributed by atoms with E-state index < -0.39 is 23.8 Å². The summed E-state index contributed by atoms with van der Waals surface area (Å²) in [4.78, 5) is 52.7. The van der Waals surface area contributed by atoms with Crippen LogP contribution in [0, 0.1) is 13.8 Å². The van der Waals surface area contributed by atoms with Gasteiger partial charge in [0.25, 0.3) is 17.7 Å². The maximum Gasteiger partial charge on any atom is 0.328 e. The molecule has 2 aromatic heterocycles.